The van der Waals surface area contributed by atoms with Crippen molar-refractivity contribution in [2.75, 3.05) is 49.7 Å². The van der Waals surface area contributed by atoms with Crippen molar-refractivity contribution in [2.45, 2.75) is 26.3 Å². The van der Waals surface area contributed by atoms with Crippen molar-refractivity contribution in [2.24, 2.45) is 5.73 Å². The molecule has 7 nitrogen and oxygen atoms in total. The van der Waals surface area contributed by atoms with Gasteiger partial charge in [0.05, 0.1) is 25.5 Å². The van der Waals surface area contributed by atoms with Crippen LogP contribution in [0.5, 0.6) is 5.75 Å². The van der Waals surface area contributed by atoms with E-state index in [0.29, 0.717) is 24.6 Å². The molecular formula is C17H28N4O3. The Balaban J connectivity index is 2.13. The Hall–Kier alpha value is -1.99. The first-order valence-corrected chi connectivity index (χ1v) is 8.47. The van der Waals surface area contributed by atoms with E-state index in [1.165, 1.54) is 0 Å². The highest BCUT2D eigenvalue weighted by Gasteiger charge is 2.15. The van der Waals surface area contributed by atoms with Gasteiger partial charge in [0.15, 0.2) is 0 Å². The first-order chi connectivity index (χ1) is 11.6. The smallest absolute Gasteiger partial charge is 0.319 e. The van der Waals surface area contributed by atoms with Crippen LogP contribution in [0, 0.1) is 0 Å². The van der Waals surface area contributed by atoms with Crippen LogP contribution in [-0.2, 0) is 4.74 Å². The zero-order valence-corrected chi connectivity index (χ0v) is 14.5. The summed E-state index contributed by atoms with van der Waals surface area (Å²) in [6, 6.07) is 5.66. The first kappa shape index (κ1) is 18.4. The van der Waals surface area contributed by atoms with Crippen molar-refractivity contribution in [3.63, 3.8) is 0 Å². The lowest BCUT2D eigenvalue weighted by Crippen LogP contribution is -2.36. The summed E-state index contributed by atoms with van der Waals surface area (Å²) in [6.45, 7) is 8.06. The van der Waals surface area contributed by atoms with Crippen LogP contribution in [-0.4, -0.2) is 51.5 Å². The fourth-order valence-corrected chi connectivity index (χ4v) is 2.44. The summed E-state index contributed by atoms with van der Waals surface area (Å²) in [5, 5.41) is 5.66. The molecule has 1 aromatic carbocycles. The number of ether oxygens (including phenoxy) is 2. The highest BCUT2D eigenvalue weighted by atomic mass is 16.5. The van der Waals surface area contributed by atoms with Crippen LogP contribution >= 0.6 is 0 Å². The Morgan fingerprint density at radius 3 is 2.79 bits per heavy atom. The molecule has 0 bridgehead atoms. The SMILES string of the molecule is CC(C)NC(=O)Nc1ccc(N2CCOCC2)cc1OCCCN. The van der Waals surface area contributed by atoms with Crippen LogP contribution in [0.3, 0.4) is 0 Å². The molecule has 24 heavy (non-hydrogen) atoms. The molecule has 2 amide bonds. The molecule has 0 atom stereocenters. The molecule has 4 N–H and O–H groups in total. The van der Waals surface area contributed by atoms with Crippen molar-refractivity contribution in [1.82, 2.24) is 5.32 Å². The summed E-state index contributed by atoms with van der Waals surface area (Å²) < 4.78 is 11.2. The van der Waals surface area contributed by atoms with Crippen molar-refractivity contribution >= 4 is 17.4 Å². The van der Waals surface area contributed by atoms with Gasteiger partial charge in [-0.3, -0.25) is 0 Å². The first-order valence-electron chi connectivity index (χ1n) is 8.47. The fraction of sp³-hybridized carbons (Fsp3) is 0.588. The number of benzene rings is 1. The molecule has 1 aliphatic heterocycles. The number of urea groups is 1. The predicted molar refractivity (Wildman–Crippen MR) is 95.9 cm³/mol. The zero-order chi connectivity index (χ0) is 17.4. The summed E-state index contributed by atoms with van der Waals surface area (Å²) in [5.41, 5.74) is 7.25. The third-order valence-corrected chi connectivity index (χ3v) is 3.62. The second-order valence-corrected chi connectivity index (χ2v) is 6.02. The van der Waals surface area contributed by atoms with Gasteiger partial charge in [-0.2, -0.15) is 0 Å². The zero-order valence-electron chi connectivity index (χ0n) is 14.5. The highest BCUT2D eigenvalue weighted by Crippen LogP contribution is 2.30. The molecule has 1 saturated heterocycles. The fourth-order valence-electron chi connectivity index (χ4n) is 2.44. The monoisotopic (exact) mass is 336 g/mol. The summed E-state index contributed by atoms with van der Waals surface area (Å²) in [5.74, 6) is 0.659. The standard InChI is InChI=1S/C17H28N4O3/c1-13(2)19-17(22)20-15-5-4-14(21-7-10-23-11-8-21)12-16(15)24-9-3-6-18/h4-5,12-13H,3,6-11,18H2,1-2H3,(H2,19,20,22). The summed E-state index contributed by atoms with van der Waals surface area (Å²) >= 11 is 0. The average Bonchev–Trinajstić information content (AvgIpc) is 2.56. The topological polar surface area (TPSA) is 88.9 Å². The van der Waals surface area contributed by atoms with Gasteiger partial charge in [-0.15, -0.1) is 0 Å². The lowest BCUT2D eigenvalue weighted by Gasteiger charge is -2.29. The van der Waals surface area contributed by atoms with Crippen LogP contribution in [0.2, 0.25) is 0 Å². The lowest BCUT2D eigenvalue weighted by molar-refractivity contribution is 0.122. The molecule has 7 heteroatoms. The van der Waals surface area contributed by atoms with Gasteiger partial charge in [0.1, 0.15) is 5.75 Å². The van der Waals surface area contributed by atoms with E-state index >= 15 is 0 Å². The van der Waals surface area contributed by atoms with Gasteiger partial charge in [-0.05, 0) is 38.9 Å². The van der Waals surface area contributed by atoms with Crippen molar-refractivity contribution in [1.29, 1.82) is 0 Å². The predicted octanol–water partition coefficient (Wildman–Crippen LogP) is 1.78. The third kappa shape index (κ3) is 5.58. The Morgan fingerprint density at radius 1 is 1.38 bits per heavy atom. The third-order valence-electron chi connectivity index (χ3n) is 3.62. The summed E-state index contributed by atoms with van der Waals surface area (Å²) in [4.78, 5) is 14.2. The van der Waals surface area contributed by atoms with Gasteiger partial charge >= 0.3 is 6.03 Å². The van der Waals surface area contributed by atoms with Gasteiger partial charge < -0.3 is 30.7 Å². The minimum Gasteiger partial charge on any atom is -0.491 e. The van der Waals surface area contributed by atoms with Crippen LogP contribution in [0.15, 0.2) is 18.2 Å². The maximum Gasteiger partial charge on any atom is 0.319 e. The van der Waals surface area contributed by atoms with E-state index in [2.05, 4.69) is 15.5 Å². The number of nitrogens with zero attached hydrogens (tertiary/aromatic N) is 1. The quantitative estimate of drug-likeness (QED) is 0.661. The number of carbonyl (C=O) groups is 1. The summed E-state index contributed by atoms with van der Waals surface area (Å²) in [6.07, 6.45) is 0.763. The number of amides is 2. The number of morpholine rings is 1. The van der Waals surface area contributed by atoms with Crippen LogP contribution in [0.1, 0.15) is 20.3 Å². The van der Waals surface area contributed by atoms with E-state index in [1.807, 2.05) is 32.0 Å². The van der Waals surface area contributed by atoms with Crippen LogP contribution in [0.4, 0.5) is 16.2 Å². The molecule has 0 radical (unpaired) electrons. The van der Waals surface area contributed by atoms with E-state index in [9.17, 15) is 4.79 Å². The number of nitrogens with two attached hydrogens (primary N) is 1. The van der Waals surface area contributed by atoms with E-state index in [1.54, 1.807) is 0 Å². The van der Waals surface area contributed by atoms with Gasteiger partial charge in [0.25, 0.3) is 0 Å². The Morgan fingerprint density at radius 2 is 2.12 bits per heavy atom. The molecule has 0 spiro atoms. The van der Waals surface area contributed by atoms with Crippen molar-refractivity contribution in [3.05, 3.63) is 18.2 Å². The molecule has 1 fully saturated rings. The van der Waals surface area contributed by atoms with Crippen molar-refractivity contribution < 1.29 is 14.3 Å². The van der Waals surface area contributed by atoms with Gasteiger partial charge in [-0.25, -0.2) is 4.79 Å². The summed E-state index contributed by atoms with van der Waals surface area (Å²) in [7, 11) is 0. The molecule has 2 rings (SSSR count). The molecule has 1 aliphatic rings. The largest absolute Gasteiger partial charge is 0.491 e. The van der Waals surface area contributed by atoms with Crippen LogP contribution < -0.4 is 26.0 Å². The minimum atomic E-state index is -0.243. The van der Waals surface area contributed by atoms with E-state index in [-0.39, 0.29) is 12.1 Å². The highest BCUT2D eigenvalue weighted by molar-refractivity contribution is 5.91. The molecule has 0 saturated carbocycles. The Labute approximate surface area is 143 Å². The molecule has 1 heterocycles. The molecule has 0 unspecified atom stereocenters. The Kier molecular flexibility index (Phi) is 7.14. The van der Waals surface area contributed by atoms with E-state index in [4.69, 9.17) is 15.2 Å². The number of hydrogen-bond acceptors (Lipinski definition) is 5. The number of rotatable bonds is 7. The maximum atomic E-state index is 12.0. The van der Waals surface area contributed by atoms with Crippen molar-refractivity contribution in [3.8, 4) is 5.75 Å². The van der Waals surface area contributed by atoms with E-state index in [0.717, 1.165) is 38.4 Å². The average molecular weight is 336 g/mol. The van der Waals surface area contributed by atoms with Gasteiger partial charge in [-0.1, -0.05) is 0 Å². The molecule has 1 aromatic rings. The van der Waals surface area contributed by atoms with Crippen LogP contribution in [0.25, 0.3) is 0 Å². The normalized spacial score (nSPS) is 14.6. The number of anilines is 2. The molecular weight excluding hydrogens is 308 g/mol. The number of nitrogens with one attached hydrogen (secondary N) is 2. The Bertz CT molecular complexity index is 531. The molecule has 0 aliphatic carbocycles. The van der Waals surface area contributed by atoms with Gasteiger partial charge in [0.2, 0.25) is 0 Å². The van der Waals surface area contributed by atoms with Gasteiger partial charge in [0, 0.05) is 30.9 Å². The minimum absolute atomic E-state index is 0.0687. The second-order valence-electron chi connectivity index (χ2n) is 6.02. The number of carbonyl (C=O) groups excluding carboxylic acids is 1. The molecule has 0 aromatic heterocycles. The lowest BCUT2D eigenvalue weighted by atomic mass is 10.2. The van der Waals surface area contributed by atoms with E-state index < -0.39 is 0 Å². The maximum absolute atomic E-state index is 12.0. The molecule has 134 valence electrons. The second kappa shape index (κ2) is 9.34. The number of hydrogen-bond donors (Lipinski definition) is 3.